The molecule has 0 atom stereocenters. The number of nitrogens with one attached hydrogen (secondary N) is 1. The fraction of sp³-hybridized carbons (Fsp3) is 0.167. The molecule has 0 radical (unpaired) electrons. The van der Waals surface area contributed by atoms with Crippen LogP contribution >= 0.6 is 50.9 Å². The first-order valence-corrected chi connectivity index (χ1v) is 11.1. The molecule has 0 spiro atoms. The molecule has 156 valence electrons. The normalized spacial score (nSPS) is 10.8. The number of aromatic nitrogens is 3. The van der Waals surface area contributed by atoms with E-state index < -0.39 is 4.92 Å². The fourth-order valence-corrected chi connectivity index (χ4v) is 4.22. The van der Waals surface area contributed by atoms with Crippen LogP contribution in [0.3, 0.4) is 0 Å². The van der Waals surface area contributed by atoms with E-state index in [0.717, 1.165) is 22.2 Å². The maximum atomic E-state index is 12.4. The second-order valence-corrected chi connectivity index (χ2v) is 8.61. The molecule has 0 aliphatic carbocycles. The zero-order chi connectivity index (χ0) is 21.8. The van der Waals surface area contributed by atoms with Gasteiger partial charge in [0, 0.05) is 28.7 Å². The van der Waals surface area contributed by atoms with Gasteiger partial charge in [0.1, 0.15) is 0 Å². The summed E-state index contributed by atoms with van der Waals surface area (Å²) < 4.78 is 2.87. The summed E-state index contributed by atoms with van der Waals surface area (Å²) >= 11 is 16.7. The highest BCUT2D eigenvalue weighted by Gasteiger charge is 2.18. The van der Waals surface area contributed by atoms with Gasteiger partial charge in [-0.1, -0.05) is 63.0 Å². The summed E-state index contributed by atoms with van der Waals surface area (Å²) in [6.45, 7) is 2.59. The first-order valence-electron chi connectivity index (χ1n) is 8.55. The zero-order valence-corrected chi connectivity index (χ0v) is 19.3. The van der Waals surface area contributed by atoms with Crippen molar-refractivity contribution < 1.29 is 9.72 Å². The number of non-ortho nitro benzene ring substituents is 1. The van der Waals surface area contributed by atoms with Crippen molar-refractivity contribution >= 4 is 68.2 Å². The fourth-order valence-electron chi connectivity index (χ4n) is 2.58. The molecule has 0 saturated heterocycles. The van der Waals surface area contributed by atoms with Gasteiger partial charge in [-0.3, -0.25) is 14.9 Å². The smallest absolute Gasteiger partial charge is 0.272 e. The van der Waals surface area contributed by atoms with Gasteiger partial charge < -0.3 is 9.88 Å². The lowest BCUT2D eigenvalue weighted by Gasteiger charge is -2.10. The summed E-state index contributed by atoms with van der Waals surface area (Å²) in [6, 6.07) is 9.96. The Morgan fingerprint density at radius 3 is 2.43 bits per heavy atom. The van der Waals surface area contributed by atoms with Crippen molar-refractivity contribution in [3.05, 3.63) is 61.0 Å². The van der Waals surface area contributed by atoms with E-state index in [1.807, 2.05) is 35.8 Å². The molecule has 0 saturated carbocycles. The van der Waals surface area contributed by atoms with E-state index in [1.165, 1.54) is 11.8 Å². The number of nitro benzene ring substituents is 1. The maximum absolute atomic E-state index is 12.4. The minimum absolute atomic E-state index is 0.0122. The topological polar surface area (TPSA) is 103 Å². The third-order valence-electron chi connectivity index (χ3n) is 3.97. The van der Waals surface area contributed by atoms with E-state index in [4.69, 9.17) is 23.2 Å². The molecule has 30 heavy (non-hydrogen) atoms. The Kier molecular flexibility index (Phi) is 7.35. The SMILES string of the molecule is CCn1c(SCC(=O)Nc2c(Cl)cc([N+](=O)[O-])cc2Cl)nnc1-c1ccc(Br)cc1. The van der Waals surface area contributed by atoms with E-state index >= 15 is 0 Å². The Morgan fingerprint density at radius 1 is 1.23 bits per heavy atom. The van der Waals surface area contributed by atoms with Crippen LogP contribution in [0, 0.1) is 10.1 Å². The lowest BCUT2D eigenvalue weighted by Crippen LogP contribution is -2.15. The molecular weight excluding hydrogens is 517 g/mol. The van der Waals surface area contributed by atoms with E-state index in [2.05, 4.69) is 31.4 Å². The summed E-state index contributed by atoms with van der Waals surface area (Å²) in [5.74, 6) is 0.352. The molecule has 8 nitrogen and oxygen atoms in total. The van der Waals surface area contributed by atoms with Crippen LogP contribution in [-0.2, 0) is 11.3 Å². The molecule has 0 fully saturated rings. The number of nitrogens with zero attached hydrogens (tertiary/aromatic N) is 4. The van der Waals surface area contributed by atoms with Crippen LogP contribution in [0.4, 0.5) is 11.4 Å². The zero-order valence-electron chi connectivity index (χ0n) is 15.4. The molecule has 0 aliphatic heterocycles. The molecule has 0 aliphatic rings. The van der Waals surface area contributed by atoms with Gasteiger partial charge in [-0.15, -0.1) is 10.2 Å². The number of benzene rings is 2. The summed E-state index contributed by atoms with van der Waals surface area (Å²) in [7, 11) is 0. The Morgan fingerprint density at radius 2 is 1.87 bits per heavy atom. The van der Waals surface area contributed by atoms with E-state index in [9.17, 15) is 14.9 Å². The van der Waals surface area contributed by atoms with Crippen molar-refractivity contribution in [1.29, 1.82) is 0 Å². The van der Waals surface area contributed by atoms with Gasteiger partial charge in [-0.25, -0.2) is 0 Å². The number of halogens is 3. The number of carbonyl (C=O) groups excluding carboxylic acids is 1. The molecule has 3 rings (SSSR count). The van der Waals surface area contributed by atoms with Gasteiger partial charge in [0.2, 0.25) is 5.91 Å². The first-order chi connectivity index (χ1) is 14.3. The van der Waals surface area contributed by atoms with E-state index in [1.54, 1.807) is 0 Å². The van der Waals surface area contributed by atoms with Crippen molar-refractivity contribution in [3.8, 4) is 11.4 Å². The summed E-state index contributed by atoms with van der Waals surface area (Å²) in [4.78, 5) is 22.6. The molecule has 1 amide bonds. The highest BCUT2D eigenvalue weighted by molar-refractivity contribution is 9.10. The second-order valence-electron chi connectivity index (χ2n) is 5.94. The summed E-state index contributed by atoms with van der Waals surface area (Å²) in [6.07, 6.45) is 0. The van der Waals surface area contributed by atoms with Crippen LogP contribution in [0.25, 0.3) is 11.4 Å². The summed E-state index contributed by atoms with van der Waals surface area (Å²) in [5, 5.41) is 22.4. The molecule has 0 unspecified atom stereocenters. The highest BCUT2D eigenvalue weighted by Crippen LogP contribution is 2.35. The molecule has 1 heterocycles. The molecule has 0 bridgehead atoms. The molecule has 1 aromatic heterocycles. The van der Waals surface area contributed by atoms with Crippen molar-refractivity contribution in [2.24, 2.45) is 0 Å². The van der Waals surface area contributed by atoms with Crippen molar-refractivity contribution in [2.75, 3.05) is 11.1 Å². The predicted octanol–water partition coefficient (Wildman–Crippen LogP) is 5.67. The minimum Gasteiger partial charge on any atom is -0.323 e. The summed E-state index contributed by atoms with van der Waals surface area (Å²) in [5.41, 5.74) is 0.782. The average molecular weight is 531 g/mol. The highest BCUT2D eigenvalue weighted by atomic mass is 79.9. The number of thioether (sulfide) groups is 1. The van der Waals surface area contributed by atoms with Gasteiger partial charge in [-0.05, 0) is 19.1 Å². The second kappa shape index (κ2) is 9.78. The van der Waals surface area contributed by atoms with Crippen LogP contribution in [-0.4, -0.2) is 31.3 Å². The molecule has 12 heteroatoms. The number of amides is 1. The van der Waals surface area contributed by atoms with Gasteiger partial charge in [0.15, 0.2) is 11.0 Å². The quantitative estimate of drug-likeness (QED) is 0.239. The lowest BCUT2D eigenvalue weighted by molar-refractivity contribution is -0.384. The van der Waals surface area contributed by atoms with Crippen molar-refractivity contribution in [1.82, 2.24) is 14.8 Å². The lowest BCUT2D eigenvalue weighted by atomic mass is 10.2. The molecule has 3 aromatic rings. The Hall–Kier alpha value is -2.14. The van der Waals surface area contributed by atoms with Crippen LogP contribution in [0.15, 0.2) is 46.0 Å². The Balaban J connectivity index is 1.71. The monoisotopic (exact) mass is 529 g/mol. The minimum atomic E-state index is -0.611. The van der Waals surface area contributed by atoms with Crippen LogP contribution in [0.5, 0.6) is 0 Å². The predicted molar refractivity (Wildman–Crippen MR) is 121 cm³/mol. The molecule has 2 aromatic carbocycles. The number of rotatable bonds is 7. The van der Waals surface area contributed by atoms with E-state index in [0.29, 0.717) is 17.5 Å². The van der Waals surface area contributed by atoms with Gasteiger partial charge in [-0.2, -0.15) is 0 Å². The average Bonchev–Trinajstić information content (AvgIpc) is 3.12. The molecular formula is C18H14BrCl2N5O3S. The van der Waals surface area contributed by atoms with Crippen molar-refractivity contribution in [2.45, 2.75) is 18.6 Å². The Bertz CT molecular complexity index is 1080. The van der Waals surface area contributed by atoms with Gasteiger partial charge in [0.05, 0.1) is 26.4 Å². The van der Waals surface area contributed by atoms with Gasteiger partial charge in [0.25, 0.3) is 5.69 Å². The van der Waals surface area contributed by atoms with Crippen molar-refractivity contribution in [3.63, 3.8) is 0 Å². The number of carbonyl (C=O) groups is 1. The van der Waals surface area contributed by atoms with Gasteiger partial charge >= 0.3 is 0 Å². The standard InChI is InChI=1S/C18H14BrCl2N5O3S/c1-2-25-17(10-3-5-11(19)6-4-10)23-24-18(25)30-9-15(27)22-16-13(20)7-12(26(28)29)8-14(16)21/h3-8H,2,9H2,1H3,(H,22,27). The number of hydrogen-bond acceptors (Lipinski definition) is 6. The van der Waals surface area contributed by atoms with Crippen LogP contribution in [0.1, 0.15) is 6.92 Å². The van der Waals surface area contributed by atoms with Crippen LogP contribution in [0.2, 0.25) is 10.0 Å². The van der Waals surface area contributed by atoms with Crippen LogP contribution < -0.4 is 5.32 Å². The molecule has 1 N–H and O–H groups in total. The number of hydrogen-bond donors (Lipinski definition) is 1. The largest absolute Gasteiger partial charge is 0.323 e. The maximum Gasteiger partial charge on any atom is 0.272 e. The Labute approximate surface area is 194 Å². The first kappa shape index (κ1) is 22.5. The third kappa shape index (κ3) is 5.12. The van der Waals surface area contributed by atoms with E-state index in [-0.39, 0.29) is 33.1 Å². The number of anilines is 1. The number of nitro groups is 1. The third-order valence-corrected chi connectivity index (χ3v) is 6.06.